The molecule has 1 fully saturated rings. The first-order valence-corrected chi connectivity index (χ1v) is 8.11. The van der Waals surface area contributed by atoms with Gasteiger partial charge in [-0.1, -0.05) is 6.07 Å². The fraction of sp³-hybridized carbons (Fsp3) is 0.462. The maximum Gasteiger partial charge on any atom is 0.321 e. The molecule has 1 N–H and O–H groups in total. The Morgan fingerprint density at radius 3 is 2.70 bits per heavy atom. The number of hydrogen-bond donors (Lipinski definition) is 1. The van der Waals surface area contributed by atoms with Crippen LogP contribution >= 0.6 is 0 Å². The van der Waals surface area contributed by atoms with Gasteiger partial charge in [-0.25, -0.2) is 17.6 Å². The summed E-state index contributed by atoms with van der Waals surface area (Å²) in [5, 5.41) is 2.46. The molecule has 7 heteroatoms. The Morgan fingerprint density at radius 1 is 1.45 bits per heavy atom. The van der Waals surface area contributed by atoms with Crippen molar-refractivity contribution in [3.63, 3.8) is 0 Å². The second-order valence-corrected chi connectivity index (χ2v) is 7.31. The third-order valence-electron chi connectivity index (χ3n) is 3.44. The van der Waals surface area contributed by atoms with Gasteiger partial charge in [0.15, 0.2) is 9.84 Å². The molecular formula is C13H17FN2O3S. The van der Waals surface area contributed by atoms with Gasteiger partial charge in [-0.15, -0.1) is 0 Å². The number of rotatable bonds is 2. The minimum atomic E-state index is -3.06. The number of halogens is 1. The van der Waals surface area contributed by atoms with E-state index >= 15 is 0 Å². The molecule has 1 aromatic carbocycles. The zero-order valence-electron chi connectivity index (χ0n) is 11.4. The number of urea groups is 1. The highest BCUT2D eigenvalue weighted by Crippen LogP contribution is 2.19. The van der Waals surface area contributed by atoms with E-state index in [-0.39, 0.29) is 23.2 Å². The molecule has 5 nitrogen and oxygen atoms in total. The smallest absolute Gasteiger partial charge is 0.321 e. The average molecular weight is 300 g/mol. The number of benzene rings is 1. The Morgan fingerprint density at radius 2 is 2.15 bits per heavy atom. The van der Waals surface area contributed by atoms with Crippen molar-refractivity contribution < 1.29 is 17.6 Å². The molecule has 2 rings (SSSR count). The molecule has 0 radical (unpaired) electrons. The van der Waals surface area contributed by atoms with Crippen LogP contribution in [0, 0.1) is 12.7 Å². The normalized spacial score (nSPS) is 20.6. The van der Waals surface area contributed by atoms with E-state index in [2.05, 4.69) is 5.32 Å². The molecular weight excluding hydrogens is 283 g/mol. The minimum absolute atomic E-state index is 0.0344. The summed E-state index contributed by atoms with van der Waals surface area (Å²) in [4.78, 5) is 13.3. The Balaban J connectivity index is 2.05. The van der Waals surface area contributed by atoms with E-state index in [1.165, 1.54) is 24.1 Å². The van der Waals surface area contributed by atoms with Gasteiger partial charge in [0.25, 0.3) is 0 Å². The first kappa shape index (κ1) is 14.8. The van der Waals surface area contributed by atoms with E-state index in [9.17, 15) is 17.6 Å². The van der Waals surface area contributed by atoms with Crippen LogP contribution in [-0.4, -0.2) is 43.9 Å². The van der Waals surface area contributed by atoms with Crippen LogP contribution in [0.1, 0.15) is 12.0 Å². The van der Waals surface area contributed by atoms with Crippen molar-refractivity contribution >= 4 is 21.6 Å². The summed E-state index contributed by atoms with van der Waals surface area (Å²) in [6.45, 7) is 1.75. The van der Waals surface area contributed by atoms with Crippen molar-refractivity contribution in [2.24, 2.45) is 0 Å². The maximum absolute atomic E-state index is 13.6. The second kappa shape index (κ2) is 5.40. The van der Waals surface area contributed by atoms with Crippen LogP contribution < -0.4 is 5.32 Å². The predicted molar refractivity (Wildman–Crippen MR) is 75.0 cm³/mol. The fourth-order valence-corrected chi connectivity index (χ4v) is 3.95. The van der Waals surface area contributed by atoms with Crippen LogP contribution in [0.15, 0.2) is 18.2 Å². The quantitative estimate of drug-likeness (QED) is 0.905. The second-order valence-electron chi connectivity index (χ2n) is 5.08. The molecule has 1 aliphatic rings. The highest BCUT2D eigenvalue weighted by atomic mass is 32.2. The fourth-order valence-electron chi connectivity index (χ4n) is 2.17. The Hall–Kier alpha value is -1.63. The average Bonchev–Trinajstić information content (AvgIpc) is 2.72. The van der Waals surface area contributed by atoms with Crippen molar-refractivity contribution in [2.75, 3.05) is 23.9 Å². The highest BCUT2D eigenvalue weighted by molar-refractivity contribution is 7.91. The lowest BCUT2D eigenvalue weighted by molar-refractivity contribution is 0.209. The van der Waals surface area contributed by atoms with Gasteiger partial charge < -0.3 is 10.2 Å². The maximum atomic E-state index is 13.6. The van der Waals surface area contributed by atoms with Crippen LogP contribution in [-0.2, 0) is 9.84 Å². The van der Waals surface area contributed by atoms with E-state index < -0.39 is 21.7 Å². The van der Waals surface area contributed by atoms with Crippen molar-refractivity contribution in [1.82, 2.24) is 4.90 Å². The van der Waals surface area contributed by atoms with E-state index in [0.717, 1.165) is 5.56 Å². The van der Waals surface area contributed by atoms with Crippen LogP contribution in [0.25, 0.3) is 0 Å². The summed E-state index contributed by atoms with van der Waals surface area (Å²) in [6.07, 6.45) is 0.419. The van der Waals surface area contributed by atoms with Gasteiger partial charge >= 0.3 is 6.03 Å². The lowest BCUT2D eigenvalue weighted by Crippen LogP contribution is -2.40. The molecule has 1 aliphatic heterocycles. The number of nitrogens with zero attached hydrogens (tertiary/aromatic N) is 1. The van der Waals surface area contributed by atoms with Gasteiger partial charge in [0.05, 0.1) is 17.2 Å². The molecule has 1 heterocycles. The van der Waals surface area contributed by atoms with E-state index in [4.69, 9.17) is 0 Å². The van der Waals surface area contributed by atoms with Crippen molar-refractivity contribution in [2.45, 2.75) is 19.4 Å². The van der Waals surface area contributed by atoms with Gasteiger partial charge in [-0.2, -0.15) is 0 Å². The summed E-state index contributed by atoms with van der Waals surface area (Å²) in [7, 11) is -1.54. The van der Waals surface area contributed by atoms with Crippen LogP contribution in [0.5, 0.6) is 0 Å². The topological polar surface area (TPSA) is 66.5 Å². The first-order chi connectivity index (χ1) is 9.28. The molecule has 1 saturated heterocycles. The number of carbonyl (C=O) groups excluding carboxylic acids is 1. The number of hydrogen-bond acceptors (Lipinski definition) is 3. The third-order valence-corrected chi connectivity index (χ3v) is 5.19. The van der Waals surface area contributed by atoms with Crippen molar-refractivity contribution in [3.05, 3.63) is 29.6 Å². The molecule has 1 aromatic rings. The summed E-state index contributed by atoms with van der Waals surface area (Å²) >= 11 is 0. The van der Waals surface area contributed by atoms with Gasteiger partial charge in [-0.05, 0) is 31.0 Å². The molecule has 0 bridgehead atoms. The summed E-state index contributed by atoms with van der Waals surface area (Å²) < 4.78 is 36.4. The molecule has 20 heavy (non-hydrogen) atoms. The van der Waals surface area contributed by atoms with Gasteiger partial charge in [0.2, 0.25) is 0 Å². The molecule has 1 atom stereocenters. The Labute approximate surface area is 117 Å². The summed E-state index contributed by atoms with van der Waals surface area (Å²) in [6, 6.07) is 3.65. The number of sulfone groups is 1. The van der Waals surface area contributed by atoms with E-state index in [0.29, 0.717) is 6.42 Å². The third kappa shape index (κ3) is 3.27. The Bertz CT molecular complexity index is 631. The van der Waals surface area contributed by atoms with Gasteiger partial charge in [-0.3, -0.25) is 0 Å². The highest BCUT2D eigenvalue weighted by Gasteiger charge is 2.32. The predicted octanol–water partition coefficient (Wildman–Crippen LogP) is 1.78. The molecule has 1 unspecified atom stereocenters. The van der Waals surface area contributed by atoms with Crippen LogP contribution in [0.2, 0.25) is 0 Å². The monoisotopic (exact) mass is 300 g/mol. The zero-order chi connectivity index (χ0) is 14.9. The van der Waals surface area contributed by atoms with E-state index in [1.807, 2.05) is 0 Å². The van der Waals surface area contributed by atoms with Crippen LogP contribution in [0.4, 0.5) is 14.9 Å². The zero-order valence-corrected chi connectivity index (χ0v) is 12.2. The van der Waals surface area contributed by atoms with Gasteiger partial charge in [0, 0.05) is 13.1 Å². The number of amides is 2. The number of nitrogens with one attached hydrogen (secondary N) is 1. The lowest BCUT2D eigenvalue weighted by Gasteiger charge is -2.23. The molecule has 2 amide bonds. The number of aryl methyl sites for hydroxylation is 1. The SMILES string of the molecule is Cc1ccc(NC(=O)N(C)C2CCS(=O)(=O)C2)c(F)c1. The molecule has 0 aromatic heterocycles. The van der Waals surface area contributed by atoms with E-state index in [1.54, 1.807) is 13.0 Å². The van der Waals surface area contributed by atoms with Crippen LogP contribution in [0.3, 0.4) is 0 Å². The lowest BCUT2D eigenvalue weighted by atomic mass is 10.2. The molecule has 110 valence electrons. The molecule has 0 spiro atoms. The van der Waals surface area contributed by atoms with Gasteiger partial charge in [0.1, 0.15) is 5.82 Å². The molecule has 0 saturated carbocycles. The van der Waals surface area contributed by atoms with Crippen molar-refractivity contribution in [1.29, 1.82) is 0 Å². The first-order valence-electron chi connectivity index (χ1n) is 6.29. The number of anilines is 1. The summed E-state index contributed by atoms with van der Waals surface area (Å²) in [5.74, 6) is -0.452. The number of carbonyl (C=O) groups is 1. The van der Waals surface area contributed by atoms with Crippen molar-refractivity contribution in [3.8, 4) is 0 Å². The minimum Gasteiger partial charge on any atom is -0.324 e. The standard InChI is InChI=1S/C13H17FN2O3S/c1-9-3-4-12(11(14)7-9)15-13(17)16(2)10-5-6-20(18,19)8-10/h3-4,7,10H,5-6,8H2,1-2H3,(H,15,17). The largest absolute Gasteiger partial charge is 0.324 e. The Kier molecular flexibility index (Phi) is 3.99. The molecule has 0 aliphatic carbocycles. The summed E-state index contributed by atoms with van der Waals surface area (Å²) in [5.41, 5.74) is 0.851.